The normalized spacial score (nSPS) is 15.3. The minimum Gasteiger partial charge on any atom is -0.380 e. The van der Waals surface area contributed by atoms with Gasteiger partial charge in [-0.1, -0.05) is 29.8 Å². The molecule has 1 N–H and O–H groups in total. The van der Waals surface area contributed by atoms with E-state index < -0.39 is 0 Å². The molecule has 5 heteroatoms. The van der Waals surface area contributed by atoms with Crippen molar-refractivity contribution in [2.75, 3.05) is 38.5 Å². The highest BCUT2D eigenvalue weighted by molar-refractivity contribution is 5.94. The van der Waals surface area contributed by atoms with E-state index in [2.05, 4.69) is 53.4 Å². The molecule has 1 fully saturated rings. The van der Waals surface area contributed by atoms with E-state index in [4.69, 9.17) is 0 Å². The average molecular weight is 324 g/mol. The third-order valence-corrected chi connectivity index (χ3v) is 4.35. The van der Waals surface area contributed by atoms with E-state index in [-0.39, 0.29) is 5.91 Å². The lowest BCUT2D eigenvalue weighted by Crippen LogP contribution is -2.47. The lowest BCUT2D eigenvalue weighted by Gasteiger charge is -2.32. The van der Waals surface area contributed by atoms with E-state index in [1.54, 1.807) is 12.4 Å². The van der Waals surface area contributed by atoms with E-state index in [9.17, 15) is 4.79 Å². The minimum absolute atomic E-state index is 0.0646. The maximum atomic E-state index is 12.6. The lowest BCUT2D eigenvalue weighted by molar-refractivity contribution is 0.0663. The number of likely N-dealkylation sites (N-methyl/N-ethyl adjacent to an activating group) is 1. The Kier molecular flexibility index (Phi) is 5.11. The number of nitrogens with one attached hydrogen (secondary N) is 1. The smallest absolute Gasteiger partial charge is 0.255 e. The summed E-state index contributed by atoms with van der Waals surface area (Å²) in [5.41, 5.74) is 3.97. The first-order valence-corrected chi connectivity index (χ1v) is 8.34. The molecular formula is C19H24N4O. The number of aromatic nitrogens is 1. The number of nitrogens with zero attached hydrogens (tertiary/aromatic N) is 3. The van der Waals surface area contributed by atoms with Crippen LogP contribution in [0.15, 0.2) is 42.7 Å². The number of carbonyl (C=O) groups excluding carboxylic acids is 1. The Morgan fingerprint density at radius 2 is 1.96 bits per heavy atom. The molecule has 0 spiro atoms. The Morgan fingerprint density at radius 3 is 2.71 bits per heavy atom. The molecule has 0 saturated carbocycles. The largest absolute Gasteiger partial charge is 0.380 e. The zero-order chi connectivity index (χ0) is 16.9. The van der Waals surface area contributed by atoms with Crippen molar-refractivity contribution in [3.63, 3.8) is 0 Å². The van der Waals surface area contributed by atoms with Crippen molar-refractivity contribution in [3.8, 4) is 0 Å². The molecule has 0 radical (unpaired) electrons. The molecule has 126 valence electrons. The summed E-state index contributed by atoms with van der Waals surface area (Å²) in [6.45, 7) is 6.19. The first kappa shape index (κ1) is 16.5. The van der Waals surface area contributed by atoms with E-state index in [1.165, 1.54) is 11.1 Å². The lowest BCUT2D eigenvalue weighted by atomic mass is 10.1. The third kappa shape index (κ3) is 4.11. The number of hydrogen-bond acceptors (Lipinski definition) is 4. The van der Waals surface area contributed by atoms with E-state index >= 15 is 0 Å². The van der Waals surface area contributed by atoms with Crippen LogP contribution in [-0.2, 0) is 6.54 Å². The van der Waals surface area contributed by atoms with Crippen molar-refractivity contribution >= 4 is 11.6 Å². The van der Waals surface area contributed by atoms with Gasteiger partial charge >= 0.3 is 0 Å². The minimum atomic E-state index is 0.0646. The number of aryl methyl sites for hydroxylation is 1. The van der Waals surface area contributed by atoms with E-state index in [0.717, 1.165) is 38.4 Å². The van der Waals surface area contributed by atoms with Gasteiger partial charge in [0.15, 0.2) is 0 Å². The molecule has 1 aromatic carbocycles. The summed E-state index contributed by atoms with van der Waals surface area (Å²) in [7, 11) is 2.08. The van der Waals surface area contributed by atoms with Crippen LogP contribution in [0.25, 0.3) is 0 Å². The highest BCUT2D eigenvalue weighted by atomic mass is 16.2. The van der Waals surface area contributed by atoms with Gasteiger partial charge in [0.25, 0.3) is 5.91 Å². The van der Waals surface area contributed by atoms with E-state index in [1.807, 2.05) is 11.0 Å². The second kappa shape index (κ2) is 7.45. The second-order valence-electron chi connectivity index (χ2n) is 6.40. The van der Waals surface area contributed by atoms with Gasteiger partial charge in [0.05, 0.1) is 11.3 Å². The molecule has 5 nitrogen and oxygen atoms in total. The molecule has 0 atom stereocenters. The highest BCUT2D eigenvalue weighted by Crippen LogP contribution is 2.14. The predicted octanol–water partition coefficient (Wildman–Crippen LogP) is 2.39. The van der Waals surface area contributed by atoms with Crippen LogP contribution in [-0.4, -0.2) is 53.9 Å². The van der Waals surface area contributed by atoms with Gasteiger partial charge in [0.2, 0.25) is 0 Å². The monoisotopic (exact) mass is 324 g/mol. The Hall–Kier alpha value is -2.40. The molecule has 0 aliphatic carbocycles. The number of piperazine rings is 1. The standard InChI is InChI=1S/C19H24N4O/c1-15-4-3-5-16(10-15)12-21-18-11-17(13-20-14-18)19(24)23-8-6-22(2)7-9-23/h3-5,10-11,13-14,21H,6-9,12H2,1-2H3. The Labute approximate surface area is 143 Å². The SMILES string of the molecule is Cc1cccc(CNc2cncc(C(=O)N3CCN(C)CC3)c2)c1. The molecule has 1 aliphatic rings. The number of hydrogen-bond donors (Lipinski definition) is 1. The molecule has 1 aliphatic heterocycles. The van der Waals surface area contributed by atoms with Crippen molar-refractivity contribution in [1.82, 2.24) is 14.8 Å². The van der Waals surface area contributed by atoms with Crippen LogP contribution in [0.4, 0.5) is 5.69 Å². The van der Waals surface area contributed by atoms with Crippen molar-refractivity contribution < 1.29 is 4.79 Å². The quantitative estimate of drug-likeness (QED) is 0.938. The number of benzene rings is 1. The molecule has 1 aromatic heterocycles. The summed E-state index contributed by atoms with van der Waals surface area (Å²) >= 11 is 0. The van der Waals surface area contributed by atoms with Crippen molar-refractivity contribution in [3.05, 3.63) is 59.4 Å². The first-order valence-electron chi connectivity index (χ1n) is 8.34. The fourth-order valence-electron chi connectivity index (χ4n) is 2.87. The maximum Gasteiger partial charge on any atom is 0.255 e. The number of anilines is 1. The Bertz CT molecular complexity index is 708. The molecule has 24 heavy (non-hydrogen) atoms. The second-order valence-corrected chi connectivity index (χ2v) is 6.40. The van der Waals surface area contributed by atoms with Gasteiger partial charge in [0.1, 0.15) is 0 Å². The fraction of sp³-hybridized carbons (Fsp3) is 0.368. The van der Waals surface area contributed by atoms with Crippen molar-refractivity contribution in [2.45, 2.75) is 13.5 Å². The Morgan fingerprint density at radius 1 is 1.17 bits per heavy atom. The van der Waals surface area contributed by atoms with Crippen LogP contribution in [0.5, 0.6) is 0 Å². The van der Waals surface area contributed by atoms with Crippen molar-refractivity contribution in [1.29, 1.82) is 0 Å². The fourth-order valence-corrected chi connectivity index (χ4v) is 2.87. The van der Waals surface area contributed by atoms with Gasteiger partial charge in [-0.2, -0.15) is 0 Å². The zero-order valence-electron chi connectivity index (χ0n) is 14.3. The topological polar surface area (TPSA) is 48.5 Å². The summed E-state index contributed by atoms with van der Waals surface area (Å²) in [4.78, 5) is 21.0. The van der Waals surface area contributed by atoms with Crippen LogP contribution in [0.1, 0.15) is 21.5 Å². The van der Waals surface area contributed by atoms with Crippen LogP contribution in [0.3, 0.4) is 0 Å². The summed E-state index contributed by atoms with van der Waals surface area (Å²) in [6.07, 6.45) is 3.41. The van der Waals surface area contributed by atoms with Gasteiger partial charge in [-0.15, -0.1) is 0 Å². The van der Waals surface area contributed by atoms with Gasteiger partial charge in [-0.25, -0.2) is 0 Å². The summed E-state index contributed by atoms with van der Waals surface area (Å²) in [6, 6.07) is 10.3. The number of amides is 1. The molecule has 0 unspecified atom stereocenters. The molecule has 2 heterocycles. The molecule has 1 saturated heterocycles. The summed E-state index contributed by atoms with van der Waals surface area (Å²) < 4.78 is 0. The van der Waals surface area contributed by atoms with Gasteiger partial charge in [-0.3, -0.25) is 9.78 Å². The molecule has 3 rings (SSSR count). The summed E-state index contributed by atoms with van der Waals surface area (Å²) in [5, 5.41) is 3.35. The number of rotatable bonds is 4. The van der Waals surface area contributed by atoms with Gasteiger partial charge < -0.3 is 15.1 Å². The first-order chi connectivity index (χ1) is 11.6. The van der Waals surface area contributed by atoms with Gasteiger partial charge in [-0.05, 0) is 25.6 Å². The Balaban J connectivity index is 1.64. The average Bonchev–Trinajstić information content (AvgIpc) is 2.60. The summed E-state index contributed by atoms with van der Waals surface area (Å²) in [5.74, 6) is 0.0646. The zero-order valence-corrected chi connectivity index (χ0v) is 14.3. The van der Waals surface area contributed by atoms with Crippen LogP contribution >= 0.6 is 0 Å². The predicted molar refractivity (Wildman–Crippen MR) is 96.1 cm³/mol. The maximum absolute atomic E-state index is 12.6. The van der Waals surface area contributed by atoms with Crippen LogP contribution < -0.4 is 5.32 Å². The molecule has 0 bridgehead atoms. The van der Waals surface area contributed by atoms with Crippen LogP contribution in [0, 0.1) is 6.92 Å². The number of carbonyl (C=O) groups is 1. The molecular weight excluding hydrogens is 300 g/mol. The van der Waals surface area contributed by atoms with Gasteiger partial charge in [0, 0.05) is 45.1 Å². The number of pyridine rings is 1. The van der Waals surface area contributed by atoms with Crippen LogP contribution in [0.2, 0.25) is 0 Å². The van der Waals surface area contributed by atoms with Crippen molar-refractivity contribution in [2.24, 2.45) is 0 Å². The third-order valence-electron chi connectivity index (χ3n) is 4.35. The highest BCUT2D eigenvalue weighted by Gasteiger charge is 2.20. The molecule has 1 amide bonds. The molecule has 2 aromatic rings. The van der Waals surface area contributed by atoms with E-state index in [0.29, 0.717) is 5.56 Å².